The average Bonchev–Trinajstić information content (AvgIpc) is 3.02. The quantitative estimate of drug-likeness (QED) is 0.849. The Morgan fingerprint density at radius 3 is 2.68 bits per heavy atom. The van der Waals surface area contributed by atoms with Crippen LogP contribution in [-0.2, 0) is 11.2 Å². The number of rotatable bonds is 2. The Morgan fingerprint density at radius 1 is 1.16 bits per heavy atom. The molecule has 1 aromatic carbocycles. The molecule has 0 unspecified atom stereocenters. The fourth-order valence-electron chi connectivity index (χ4n) is 3.89. The molecule has 3 aliphatic heterocycles. The molecule has 134 valence electrons. The summed E-state index contributed by atoms with van der Waals surface area (Å²) in [4.78, 5) is 28.5. The van der Waals surface area contributed by atoms with Gasteiger partial charge in [0, 0.05) is 55.1 Å². The molecular weight excluding hydrogens is 336 g/mol. The second kappa shape index (κ2) is 7.25. The third kappa shape index (κ3) is 3.77. The van der Waals surface area contributed by atoms with E-state index in [4.69, 9.17) is 0 Å². The third-order valence-corrected chi connectivity index (χ3v) is 6.24. The zero-order valence-corrected chi connectivity index (χ0v) is 15.1. The summed E-state index contributed by atoms with van der Waals surface area (Å²) in [6.45, 7) is 3.99. The number of amides is 3. The van der Waals surface area contributed by atoms with Gasteiger partial charge in [0.1, 0.15) is 0 Å². The summed E-state index contributed by atoms with van der Waals surface area (Å²) in [7, 11) is 0. The van der Waals surface area contributed by atoms with Gasteiger partial charge in [0.2, 0.25) is 5.91 Å². The summed E-state index contributed by atoms with van der Waals surface area (Å²) in [6.07, 6.45) is 2.50. The minimum Gasteiger partial charge on any atom is -0.326 e. The predicted octanol–water partition coefficient (Wildman–Crippen LogP) is 2.23. The number of carbonyl (C=O) groups is 2. The van der Waals surface area contributed by atoms with Crippen LogP contribution in [0.1, 0.15) is 18.4 Å². The first-order valence-corrected chi connectivity index (χ1v) is 10.1. The Bertz CT molecular complexity index is 667. The number of nitrogens with one attached hydrogen (secondary N) is 2. The molecule has 3 amide bonds. The number of thioether (sulfide) groups is 1. The highest BCUT2D eigenvalue weighted by Crippen LogP contribution is 2.26. The van der Waals surface area contributed by atoms with E-state index in [2.05, 4.69) is 15.5 Å². The van der Waals surface area contributed by atoms with Crippen LogP contribution in [0.25, 0.3) is 0 Å². The lowest BCUT2D eigenvalue weighted by molar-refractivity contribution is -0.115. The highest BCUT2D eigenvalue weighted by atomic mass is 32.2. The Hall–Kier alpha value is -1.73. The first-order chi connectivity index (χ1) is 12.2. The predicted molar refractivity (Wildman–Crippen MR) is 101 cm³/mol. The van der Waals surface area contributed by atoms with Crippen molar-refractivity contribution in [2.24, 2.45) is 0 Å². The lowest BCUT2D eigenvalue weighted by atomic mass is 10.0. The maximum absolute atomic E-state index is 12.5. The molecule has 6 nitrogen and oxygen atoms in total. The van der Waals surface area contributed by atoms with Gasteiger partial charge >= 0.3 is 6.03 Å². The van der Waals surface area contributed by atoms with E-state index in [1.165, 1.54) is 24.6 Å². The fourth-order valence-corrected chi connectivity index (χ4v) is 4.82. The first-order valence-electron chi connectivity index (χ1n) is 8.99. The Morgan fingerprint density at radius 2 is 1.92 bits per heavy atom. The minimum absolute atomic E-state index is 0.0108. The minimum atomic E-state index is -0.0371. The largest absolute Gasteiger partial charge is 0.326 e. The van der Waals surface area contributed by atoms with Gasteiger partial charge in [-0.05, 0) is 36.6 Å². The van der Waals surface area contributed by atoms with Gasteiger partial charge in [0.15, 0.2) is 0 Å². The molecule has 2 fully saturated rings. The van der Waals surface area contributed by atoms with Crippen LogP contribution in [0.2, 0.25) is 0 Å². The van der Waals surface area contributed by atoms with E-state index in [9.17, 15) is 9.59 Å². The first kappa shape index (κ1) is 16.7. The molecule has 0 atom stereocenters. The van der Waals surface area contributed by atoms with Crippen LogP contribution in [0.15, 0.2) is 18.2 Å². The zero-order valence-electron chi connectivity index (χ0n) is 14.3. The van der Waals surface area contributed by atoms with Crippen LogP contribution in [0.5, 0.6) is 0 Å². The maximum atomic E-state index is 12.5. The van der Waals surface area contributed by atoms with E-state index in [1.54, 1.807) is 0 Å². The highest BCUT2D eigenvalue weighted by Gasteiger charge is 2.28. The van der Waals surface area contributed by atoms with E-state index in [-0.39, 0.29) is 11.9 Å². The summed E-state index contributed by atoms with van der Waals surface area (Å²) in [5, 5.41) is 5.79. The molecule has 0 aromatic heterocycles. The monoisotopic (exact) mass is 360 g/mol. The summed E-state index contributed by atoms with van der Waals surface area (Å²) < 4.78 is 0. The van der Waals surface area contributed by atoms with Crippen LogP contribution in [0.3, 0.4) is 0 Å². The van der Waals surface area contributed by atoms with E-state index >= 15 is 0 Å². The number of fused-ring (bicyclic) bond motifs is 1. The summed E-state index contributed by atoms with van der Waals surface area (Å²) >= 11 is 2.04. The lowest BCUT2D eigenvalue weighted by Gasteiger charge is -2.40. The average molecular weight is 360 g/mol. The number of benzene rings is 1. The molecule has 3 aliphatic rings. The van der Waals surface area contributed by atoms with Crippen LogP contribution >= 0.6 is 11.8 Å². The zero-order chi connectivity index (χ0) is 17.2. The number of nitrogens with zero attached hydrogens (tertiary/aromatic N) is 2. The summed E-state index contributed by atoms with van der Waals surface area (Å²) in [5.41, 5.74) is 2.56. The maximum Gasteiger partial charge on any atom is 0.321 e. The fraction of sp³-hybridized carbons (Fsp3) is 0.556. The van der Waals surface area contributed by atoms with Crippen molar-refractivity contribution in [3.8, 4) is 0 Å². The van der Waals surface area contributed by atoms with Gasteiger partial charge in [0.25, 0.3) is 0 Å². The standard InChI is InChI=1S/C18H24N4O2S/c23-17-12-13-11-14(1-2-16(13)20-17)19-18(24)22-5-3-15(4-6-22)21-7-9-25-10-8-21/h1-2,11,15H,3-10,12H2,(H,19,24)(H,20,23). The number of urea groups is 1. The van der Waals surface area contributed by atoms with E-state index < -0.39 is 0 Å². The van der Waals surface area contributed by atoms with Crippen molar-refractivity contribution >= 4 is 35.1 Å². The highest BCUT2D eigenvalue weighted by molar-refractivity contribution is 7.99. The van der Waals surface area contributed by atoms with Gasteiger partial charge < -0.3 is 15.5 Å². The molecule has 0 spiro atoms. The van der Waals surface area contributed by atoms with Crippen LogP contribution < -0.4 is 10.6 Å². The SMILES string of the molecule is O=C1Cc2cc(NC(=O)N3CCC(N4CCSCC4)CC3)ccc2N1. The van der Waals surface area contributed by atoms with Gasteiger partial charge in [-0.2, -0.15) is 11.8 Å². The molecule has 3 heterocycles. The Balaban J connectivity index is 1.31. The number of likely N-dealkylation sites (tertiary alicyclic amines) is 1. The number of anilines is 2. The molecule has 0 bridgehead atoms. The molecule has 0 radical (unpaired) electrons. The normalized spacial score (nSPS) is 21.8. The number of hydrogen-bond donors (Lipinski definition) is 2. The second-order valence-electron chi connectivity index (χ2n) is 6.89. The number of carbonyl (C=O) groups excluding carboxylic acids is 2. The molecule has 0 saturated carbocycles. The Kier molecular flexibility index (Phi) is 4.85. The Labute approximate surface area is 152 Å². The number of hydrogen-bond acceptors (Lipinski definition) is 4. The van der Waals surface area contributed by atoms with Gasteiger partial charge in [-0.15, -0.1) is 0 Å². The topological polar surface area (TPSA) is 64.7 Å². The molecule has 7 heteroatoms. The summed E-state index contributed by atoms with van der Waals surface area (Å²) in [6, 6.07) is 6.19. The molecular formula is C18H24N4O2S. The smallest absolute Gasteiger partial charge is 0.321 e. The van der Waals surface area contributed by atoms with E-state index in [0.717, 1.165) is 42.9 Å². The van der Waals surface area contributed by atoms with Gasteiger partial charge in [-0.3, -0.25) is 9.69 Å². The van der Waals surface area contributed by atoms with Crippen molar-refractivity contribution in [3.63, 3.8) is 0 Å². The second-order valence-corrected chi connectivity index (χ2v) is 8.12. The van der Waals surface area contributed by atoms with E-state index in [1.807, 2.05) is 34.9 Å². The third-order valence-electron chi connectivity index (χ3n) is 5.30. The van der Waals surface area contributed by atoms with Gasteiger partial charge in [0.05, 0.1) is 6.42 Å². The van der Waals surface area contributed by atoms with Crippen LogP contribution in [-0.4, -0.2) is 65.5 Å². The lowest BCUT2D eigenvalue weighted by Crippen LogP contribution is -2.49. The molecule has 0 aliphatic carbocycles. The van der Waals surface area contributed by atoms with Gasteiger partial charge in [-0.1, -0.05) is 0 Å². The van der Waals surface area contributed by atoms with Crippen molar-refractivity contribution in [2.75, 3.05) is 48.3 Å². The molecule has 2 N–H and O–H groups in total. The van der Waals surface area contributed by atoms with Crippen molar-refractivity contribution in [1.29, 1.82) is 0 Å². The molecule has 25 heavy (non-hydrogen) atoms. The van der Waals surface area contributed by atoms with Crippen molar-refractivity contribution < 1.29 is 9.59 Å². The molecule has 4 rings (SSSR count). The van der Waals surface area contributed by atoms with E-state index in [0.29, 0.717) is 12.5 Å². The van der Waals surface area contributed by atoms with Crippen LogP contribution in [0.4, 0.5) is 16.2 Å². The molecule has 1 aromatic rings. The summed E-state index contributed by atoms with van der Waals surface area (Å²) in [5.74, 6) is 2.48. The van der Waals surface area contributed by atoms with Crippen LogP contribution in [0, 0.1) is 0 Å². The van der Waals surface area contributed by atoms with Gasteiger partial charge in [-0.25, -0.2) is 4.79 Å². The molecule has 2 saturated heterocycles. The number of piperidine rings is 1. The van der Waals surface area contributed by atoms with Crippen molar-refractivity contribution in [3.05, 3.63) is 23.8 Å². The van der Waals surface area contributed by atoms with Crippen molar-refractivity contribution in [2.45, 2.75) is 25.3 Å². The van der Waals surface area contributed by atoms with Crippen molar-refractivity contribution in [1.82, 2.24) is 9.80 Å².